The second-order valence-corrected chi connectivity index (χ2v) is 7.94. The van der Waals surface area contributed by atoms with E-state index in [1.165, 1.54) is 53.6 Å². The summed E-state index contributed by atoms with van der Waals surface area (Å²) in [7, 11) is 0. The number of benzene rings is 1. The number of aromatic nitrogens is 1. The third-order valence-corrected chi connectivity index (χ3v) is 6.29. The fourth-order valence-corrected chi connectivity index (χ4v) is 4.85. The summed E-state index contributed by atoms with van der Waals surface area (Å²) in [4.78, 5) is 11.3. The van der Waals surface area contributed by atoms with E-state index in [1.807, 2.05) is 23.5 Å². The zero-order valence-corrected chi connectivity index (χ0v) is 14.9. The molecule has 2 aromatic rings. The fourth-order valence-electron chi connectivity index (χ4n) is 3.46. The first-order chi connectivity index (χ1) is 11.3. The highest BCUT2D eigenvalue weighted by atomic mass is 35.5. The molecule has 4 rings (SSSR count). The van der Waals surface area contributed by atoms with Gasteiger partial charge in [0.25, 0.3) is 0 Å². The van der Waals surface area contributed by atoms with Crippen LogP contribution in [0.1, 0.15) is 35.4 Å². The number of nitrogens with zero attached hydrogens (tertiary/aromatic N) is 3. The second kappa shape index (κ2) is 6.80. The van der Waals surface area contributed by atoms with Crippen molar-refractivity contribution in [2.45, 2.75) is 38.8 Å². The number of rotatable bonds is 3. The molecule has 0 spiro atoms. The van der Waals surface area contributed by atoms with E-state index >= 15 is 0 Å². The minimum absolute atomic E-state index is 0.872. The van der Waals surface area contributed by atoms with Gasteiger partial charge < -0.3 is 4.90 Å². The predicted molar refractivity (Wildman–Crippen MR) is 97.4 cm³/mol. The molecule has 0 radical (unpaired) electrons. The molecule has 0 atom stereocenters. The number of halogens is 1. The number of hydrogen-bond donors (Lipinski definition) is 0. The van der Waals surface area contributed by atoms with Crippen LogP contribution in [0.3, 0.4) is 0 Å². The SMILES string of the molecule is Clc1ccccc1CN1CCc2nc(N3CCCCC3)sc2C1. The summed E-state index contributed by atoms with van der Waals surface area (Å²) in [6.07, 6.45) is 5.04. The largest absolute Gasteiger partial charge is 0.348 e. The Hall–Kier alpha value is -1.10. The Bertz CT molecular complexity index is 679. The zero-order valence-electron chi connectivity index (χ0n) is 13.3. The quantitative estimate of drug-likeness (QED) is 0.823. The lowest BCUT2D eigenvalue weighted by Crippen LogP contribution is -2.29. The number of fused-ring (bicyclic) bond motifs is 1. The molecule has 0 unspecified atom stereocenters. The molecule has 3 nitrogen and oxygen atoms in total. The Kier molecular flexibility index (Phi) is 4.56. The van der Waals surface area contributed by atoms with E-state index in [-0.39, 0.29) is 0 Å². The van der Waals surface area contributed by atoms with Gasteiger partial charge in [-0.1, -0.05) is 29.8 Å². The topological polar surface area (TPSA) is 19.4 Å². The maximum absolute atomic E-state index is 6.31. The standard InChI is InChI=1S/C18H22ClN3S/c19-15-7-3-2-6-14(15)12-21-11-8-16-17(13-21)23-18(20-16)22-9-4-1-5-10-22/h2-3,6-7H,1,4-5,8-13H2. The van der Waals surface area contributed by atoms with E-state index in [1.54, 1.807) is 0 Å². The normalized spacial score (nSPS) is 18.9. The Morgan fingerprint density at radius 3 is 2.74 bits per heavy atom. The van der Waals surface area contributed by atoms with Gasteiger partial charge in [0.15, 0.2) is 5.13 Å². The van der Waals surface area contributed by atoms with Gasteiger partial charge in [-0.2, -0.15) is 0 Å². The molecule has 0 aliphatic carbocycles. The van der Waals surface area contributed by atoms with Crippen molar-refractivity contribution in [2.24, 2.45) is 0 Å². The van der Waals surface area contributed by atoms with Crippen LogP contribution in [0.4, 0.5) is 5.13 Å². The van der Waals surface area contributed by atoms with Crippen LogP contribution in [0.15, 0.2) is 24.3 Å². The lowest BCUT2D eigenvalue weighted by atomic mass is 10.1. The van der Waals surface area contributed by atoms with Gasteiger partial charge >= 0.3 is 0 Å². The van der Waals surface area contributed by atoms with E-state index in [0.29, 0.717) is 0 Å². The van der Waals surface area contributed by atoms with E-state index < -0.39 is 0 Å². The number of hydrogen-bond acceptors (Lipinski definition) is 4. The summed E-state index contributed by atoms with van der Waals surface area (Å²) >= 11 is 8.21. The van der Waals surface area contributed by atoms with Gasteiger partial charge in [0, 0.05) is 49.0 Å². The van der Waals surface area contributed by atoms with Crippen LogP contribution in [-0.2, 0) is 19.5 Å². The van der Waals surface area contributed by atoms with Crippen molar-refractivity contribution in [3.8, 4) is 0 Å². The van der Waals surface area contributed by atoms with E-state index in [9.17, 15) is 0 Å². The minimum Gasteiger partial charge on any atom is -0.348 e. The van der Waals surface area contributed by atoms with Crippen LogP contribution in [-0.4, -0.2) is 29.5 Å². The van der Waals surface area contributed by atoms with Crippen molar-refractivity contribution >= 4 is 28.1 Å². The van der Waals surface area contributed by atoms with Crippen LogP contribution >= 0.6 is 22.9 Å². The Morgan fingerprint density at radius 2 is 1.91 bits per heavy atom. The van der Waals surface area contributed by atoms with Crippen LogP contribution < -0.4 is 4.90 Å². The molecule has 0 saturated carbocycles. The lowest BCUT2D eigenvalue weighted by Gasteiger charge is -2.26. The number of anilines is 1. The van der Waals surface area contributed by atoms with Crippen LogP contribution in [0.5, 0.6) is 0 Å². The van der Waals surface area contributed by atoms with Gasteiger partial charge in [-0.15, -0.1) is 11.3 Å². The van der Waals surface area contributed by atoms with Gasteiger partial charge in [0.2, 0.25) is 0 Å². The molecular formula is C18H22ClN3S. The molecule has 23 heavy (non-hydrogen) atoms. The van der Waals surface area contributed by atoms with Gasteiger partial charge in [-0.25, -0.2) is 4.98 Å². The summed E-state index contributed by atoms with van der Waals surface area (Å²) < 4.78 is 0. The van der Waals surface area contributed by atoms with Gasteiger partial charge in [0.05, 0.1) is 5.69 Å². The first-order valence-electron chi connectivity index (χ1n) is 8.49. The van der Waals surface area contributed by atoms with E-state index in [4.69, 9.17) is 16.6 Å². The monoisotopic (exact) mass is 347 g/mol. The lowest BCUT2D eigenvalue weighted by molar-refractivity contribution is 0.247. The average molecular weight is 348 g/mol. The highest BCUT2D eigenvalue weighted by Gasteiger charge is 2.23. The van der Waals surface area contributed by atoms with Crippen LogP contribution in [0.25, 0.3) is 0 Å². The molecule has 2 aliphatic rings. The van der Waals surface area contributed by atoms with Crippen molar-refractivity contribution in [1.82, 2.24) is 9.88 Å². The highest BCUT2D eigenvalue weighted by Crippen LogP contribution is 2.32. The summed E-state index contributed by atoms with van der Waals surface area (Å²) in [6.45, 7) is 5.36. The molecule has 2 aliphatic heterocycles. The molecule has 1 aromatic carbocycles. The average Bonchev–Trinajstić information content (AvgIpc) is 3.01. The summed E-state index contributed by atoms with van der Waals surface area (Å²) in [5.74, 6) is 0. The first-order valence-corrected chi connectivity index (χ1v) is 9.68. The van der Waals surface area contributed by atoms with Crippen molar-refractivity contribution in [1.29, 1.82) is 0 Å². The first kappa shape index (κ1) is 15.4. The molecule has 3 heterocycles. The van der Waals surface area contributed by atoms with Crippen molar-refractivity contribution in [3.63, 3.8) is 0 Å². The van der Waals surface area contributed by atoms with Gasteiger partial charge in [-0.3, -0.25) is 4.90 Å². The Labute approximate surface area is 146 Å². The molecule has 5 heteroatoms. The van der Waals surface area contributed by atoms with Crippen molar-refractivity contribution < 1.29 is 0 Å². The van der Waals surface area contributed by atoms with Crippen LogP contribution in [0.2, 0.25) is 5.02 Å². The predicted octanol–water partition coefficient (Wildman–Crippen LogP) is 4.35. The summed E-state index contributed by atoms with van der Waals surface area (Å²) in [5, 5.41) is 2.12. The van der Waals surface area contributed by atoms with E-state index in [2.05, 4.69) is 21.9 Å². The molecule has 0 amide bonds. The summed E-state index contributed by atoms with van der Waals surface area (Å²) in [6, 6.07) is 8.17. The van der Waals surface area contributed by atoms with Crippen molar-refractivity contribution in [2.75, 3.05) is 24.5 Å². The van der Waals surface area contributed by atoms with Crippen LogP contribution in [0, 0.1) is 0 Å². The number of thiazole rings is 1. The fraction of sp³-hybridized carbons (Fsp3) is 0.500. The maximum Gasteiger partial charge on any atom is 0.185 e. The van der Waals surface area contributed by atoms with Crippen molar-refractivity contribution in [3.05, 3.63) is 45.4 Å². The molecule has 122 valence electrons. The maximum atomic E-state index is 6.31. The highest BCUT2D eigenvalue weighted by molar-refractivity contribution is 7.15. The van der Waals surface area contributed by atoms with Gasteiger partial charge in [0.1, 0.15) is 0 Å². The smallest absolute Gasteiger partial charge is 0.185 e. The Morgan fingerprint density at radius 1 is 1.09 bits per heavy atom. The summed E-state index contributed by atoms with van der Waals surface area (Å²) in [5.41, 5.74) is 2.55. The van der Waals surface area contributed by atoms with Gasteiger partial charge in [-0.05, 0) is 30.9 Å². The minimum atomic E-state index is 0.872. The molecule has 1 saturated heterocycles. The van der Waals surface area contributed by atoms with E-state index in [0.717, 1.165) is 31.1 Å². The molecule has 0 N–H and O–H groups in total. The third kappa shape index (κ3) is 3.39. The third-order valence-electron chi connectivity index (χ3n) is 4.78. The molecule has 1 aromatic heterocycles. The molecule has 0 bridgehead atoms. The Balaban J connectivity index is 1.46. The number of piperidine rings is 1. The molecular weight excluding hydrogens is 326 g/mol. The zero-order chi connectivity index (χ0) is 15.6. The molecule has 1 fully saturated rings. The second-order valence-electron chi connectivity index (χ2n) is 6.47.